The number of ether oxygens (including phenoxy) is 2. The van der Waals surface area contributed by atoms with E-state index in [4.69, 9.17) is 15.2 Å². The molecular weight excluding hydrogens is 250 g/mol. The lowest BCUT2D eigenvalue weighted by atomic mass is 10.2. The molecule has 4 nitrogen and oxygen atoms in total. The van der Waals surface area contributed by atoms with E-state index < -0.39 is 0 Å². The monoisotopic (exact) mass is 261 g/mol. The molecule has 1 aromatic carbocycles. The van der Waals surface area contributed by atoms with Gasteiger partial charge >= 0.3 is 0 Å². The molecule has 3 N–H and O–H groups in total. The lowest BCUT2D eigenvalue weighted by Crippen LogP contribution is -2.00. The van der Waals surface area contributed by atoms with E-state index in [1.165, 1.54) is 14.2 Å². The SMILES string of the molecule is COc1cc(CN)c(O)c(Br)c1OC. The van der Waals surface area contributed by atoms with Crippen molar-refractivity contribution >= 4 is 15.9 Å². The van der Waals surface area contributed by atoms with Crippen LogP contribution in [0.4, 0.5) is 0 Å². The van der Waals surface area contributed by atoms with Gasteiger partial charge in [0.05, 0.1) is 14.2 Å². The summed E-state index contributed by atoms with van der Waals surface area (Å²) < 4.78 is 10.6. The zero-order valence-corrected chi connectivity index (χ0v) is 9.59. The summed E-state index contributed by atoms with van der Waals surface area (Å²) in [5.74, 6) is 1.09. The molecule has 78 valence electrons. The Bertz CT molecular complexity index is 341. The van der Waals surface area contributed by atoms with E-state index in [0.29, 0.717) is 21.5 Å². The van der Waals surface area contributed by atoms with Crippen LogP contribution in [0.5, 0.6) is 17.2 Å². The highest BCUT2D eigenvalue weighted by Gasteiger charge is 2.16. The van der Waals surface area contributed by atoms with Crippen molar-refractivity contribution in [2.24, 2.45) is 5.73 Å². The summed E-state index contributed by atoms with van der Waals surface area (Å²) in [4.78, 5) is 0. The average Bonchev–Trinajstić information content (AvgIpc) is 2.21. The Morgan fingerprint density at radius 3 is 2.50 bits per heavy atom. The number of rotatable bonds is 3. The fourth-order valence-corrected chi connectivity index (χ4v) is 1.76. The third-order valence-corrected chi connectivity index (χ3v) is 2.62. The second-order valence-corrected chi connectivity index (χ2v) is 3.43. The number of nitrogens with two attached hydrogens (primary N) is 1. The van der Waals surface area contributed by atoms with E-state index in [1.807, 2.05) is 0 Å². The molecule has 0 atom stereocenters. The molecule has 0 fully saturated rings. The molecule has 0 saturated heterocycles. The number of benzene rings is 1. The van der Waals surface area contributed by atoms with Crippen LogP contribution in [-0.2, 0) is 6.54 Å². The highest BCUT2D eigenvalue weighted by Crippen LogP contribution is 2.43. The summed E-state index contributed by atoms with van der Waals surface area (Å²) in [5.41, 5.74) is 6.06. The summed E-state index contributed by atoms with van der Waals surface area (Å²) in [6, 6.07) is 1.65. The number of phenols is 1. The lowest BCUT2D eigenvalue weighted by Gasteiger charge is -2.13. The van der Waals surface area contributed by atoms with Gasteiger partial charge in [0.1, 0.15) is 10.2 Å². The fourth-order valence-electron chi connectivity index (χ4n) is 1.15. The van der Waals surface area contributed by atoms with Gasteiger partial charge in [0.15, 0.2) is 11.5 Å². The van der Waals surface area contributed by atoms with Gasteiger partial charge < -0.3 is 20.3 Å². The molecule has 0 aliphatic heterocycles. The highest BCUT2D eigenvalue weighted by atomic mass is 79.9. The van der Waals surface area contributed by atoms with Gasteiger partial charge in [-0.25, -0.2) is 0 Å². The normalized spacial score (nSPS) is 10.0. The maximum absolute atomic E-state index is 9.67. The Hall–Kier alpha value is -0.940. The van der Waals surface area contributed by atoms with Crippen molar-refractivity contribution in [1.29, 1.82) is 0 Å². The average molecular weight is 262 g/mol. The molecule has 0 aliphatic carbocycles. The molecule has 0 bridgehead atoms. The quantitative estimate of drug-likeness (QED) is 0.868. The number of halogens is 1. The number of aromatic hydroxyl groups is 1. The third kappa shape index (κ3) is 1.78. The fraction of sp³-hybridized carbons (Fsp3) is 0.333. The molecule has 5 heteroatoms. The van der Waals surface area contributed by atoms with Gasteiger partial charge in [0.25, 0.3) is 0 Å². The molecule has 0 spiro atoms. The molecule has 1 aromatic rings. The number of hydrogen-bond donors (Lipinski definition) is 2. The van der Waals surface area contributed by atoms with Crippen molar-refractivity contribution in [2.45, 2.75) is 6.54 Å². The minimum atomic E-state index is 0.0881. The first-order valence-corrected chi connectivity index (χ1v) is 4.77. The number of hydrogen-bond acceptors (Lipinski definition) is 4. The summed E-state index contributed by atoms with van der Waals surface area (Å²) in [5, 5.41) is 9.67. The first-order chi connectivity index (χ1) is 6.65. The van der Waals surface area contributed by atoms with Crippen LogP contribution >= 0.6 is 15.9 Å². The van der Waals surface area contributed by atoms with E-state index in [9.17, 15) is 5.11 Å². The van der Waals surface area contributed by atoms with Crippen LogP contribution < -0.4 is 15.2 Å². The predicted octanol–water partition coefficient (Wildman–Crippen LogP) is 1.63. The Kier molecular flexibility index (Phi) is 3.60. The highest BCUT2D eigenvalue weighted by molar-refractivity contribution is 9.10. The van der Waals surface area contributed by atoms with Gasteiger partial charge in [-0.2, -0.15) is 0 Å². The Morgan fingerprint density at radius 2 is 2.07 bits per heavy atom. The molecular formula is C9H12BrNO3. The van der Waals surface area contributed by atoms with Gasteiger partial charge in [-0.3, -0.25) is 0 Å². The molecule has 0 aromatic heterocycles. The molecule has 0 aliphatic rings. The van der Waals surface area contributed by atoms with Crippen LogP contribution in [0.3, 0.4) is 0 Å². The van der Waals surface area contributed by atoms with Crippen LogP contribution in [0.1, 0.15) is 5.56 Å². The Balaban J connectivity index is 3.38. The van der Waals surface area contributed by atoms with Crippen LogP contribution in [0.15, 0.2) is 10.5 Å². The topological polar surface area (TPSA) is 64.7 Å². The molecule has 0 unspecified atom stereocenters. The van der Waals surface area contributed by atoms with Crippen molar-refractivity contribution in [3.05, 3.63) is 16.1 Å². The molecule has 0 amide bonds. The lowest BCUT2D eigenvalue weighted by molar-refractivity contribution is 0.348. The predicted molar refractivity (Wildman–Crippen MR) is 56.8 cm³/mol. The maximum atomic E-state index is 9.67. The summed E-state index contributed by atoms with van der Waals surface area (Å²) >= 11 is 3.21. The van der Waals surface area contributed by atoms with Gasteiger partial charge in [-0.15, -0.1) is 0 Å². The first kappa shape index (κ1) is 11.1. The summed E-state index contributed by atoms with van der Waals surface area (Å²) in [6.45, 7) is 0.241. The van der Waals surface area contributed by atoms with Crippen LogP contribution in [-0.4, -0.2) is 19.3 Å². The maximum Gasteiger partial charge on any atom is 0.178 e. The van der Waals surface area contributed by atoms with Crippen molar-refractivity contribution in [2.75, 3.05) is 14.2 Å². The Labute approximate surface area is 90.8 Å². The van der Waals surface area contributed by atoms with E-state index >= 15 is 0 Å². The van der Waals surface area contributed by atoms with Gasteiger partial charge in [0.2, 0.25) is 0 Å². The zero-order valence-electron chi connectivity index (χ0n) is 8.00. The second kappa shape index (κ2) is 4.52. The first-order valence-electron chi connectivity index (χ1n) is 3.98. The van der Waals surface area contributed by atoms with Crippen molar-refractivity contribution < 1.29 is 14.6 Å². The minimum absolute atomic E-state index is 0.0881. The molecule has 1 rings (SSSR count). The minimum Gasteiger partial charge on any atom is -0.506 e. The van der Waals surface area contributed by atoms with Crippen molar-refractivity contribution in [3.8, 4) is 17.2 Å². The third-order valence-electron chi connectivity index (χ3n) is 1.88. The second-order valence-electron chi connectivity index (χ2n) is 2.64. The largest absolute Gasteiger partial charge is 0.506 e. The van der Waals surface area contributed by atoms with Crippen molar-refractivity contribution in [1.82, 2.24) is 0 Å². The number of phenolic OH excluding ortho intramolecular Hbond substituents is 1. The molecule has 0 heterocycles. The summed E-state index contributed by atoms with van der Waals surface area (Å²) in [6.07, 6.45) is 0. The van der Waals surface area contributed by atoms with Crippen LogP contribution in [0, 0.1) is 0 Å². The van der Waals surface area contributed by atoms with Crippen LogP contribution in [0.2, 0.25) is 0 Å². The van der Waals surface area contributed by atoms with Crippen molar-refractivity contribution in [3.63, 3.8) is 0 Å². The smallest absolute Gasteiger partial charge is 0.178 e. The zero-order chi connectivity index (χ0) is 10.7. The standard InChI is InChI=1S/C9H12BrNO3/c1-13-6-3-5(4-11)8(12)7(10)9(6)14-2/h3,12H,4,11H2,1-2H3. The molecule has 0 radical (unpaired) electrons. The Morgan fingerprint density at radius 1 is 1.43 bits per heavy atom. The summed E-state index contributed by atoms with van der Waals surface area (Å²) in [7, 11) is 3.03. The molecule has 14 heavy (non-hydrogen) atoms. The van der Waals surface area contributed by atoms with E-state index in [2.05, 4.69) is 15.9 Å². The molecule has 0 saturated carbocycles. The van der Waals surface area contributed by atoms with Gasteiger partial charge in [0, 0.05) is 12.1 Å². The van der Waals surface area contributed by atoms with Gasteiger partial charge in [-0.05, 0) is 22.0 Å². The van der Waals surface area contributed by atoms with E-state index in [-0.39, 0.29) is 12.3 Å². The number of methoxy groups -OCH3 is 2. The van der Waals surface area contributed by atoms with E-state index in [0.717, 1.165) is 0 Å². The van der Waals surface area contributed by atoms with E-state index in [1.54, 1.807) is 6.07 Å². The van der Waals surface area contributed by atoms with Crippen LogP contribution in [0.25, 0.3) is 0 Å². The van der Waals surface area contributed by atoms with Gasteiger partial charge in [-0.1, -0.05) is 0 Å².